The van der Waals surface area contributed by atoms with Crippen LogP contribution in [0, 0.1) is 5.82 Å². The number of aromatic nitrogens is 3. The molecule has 2 atom stereocenters. The van der Waals surface area contributed by atoms with Gasteiger partial charge in [0.25, 0.3) is 5.91 Å². The van der Waals surface area contributed by atoms with Crippen LogP contribution < -0.4 is 0 Å². The lowest BCUT2D eigenvalue weighted by Gasteiger charge is -2.15. The molecule has 1 N–H and O–H groups in total. The molecule has 0 bridgehead atoms. The molecule has 8 heteroatoms. The van der Waals surface area contributed by atoms with E-state index in [1.54, 1.807) is 18.2 Å². The van der Waals surface area contributed by atoms with Crippen LogP contribution in [0.2, 0.25) is 0 Å². The van der Waals surface area contributed by atoms with E-state index < -0.39 is 12.3 Å². The Labute approximate surface area is 147 Å². The summed E-state index contributed by atoms with van der Waals surface area (Å²) >= 11 is 0. The largest absolute Gasteiger partial charge is 0.365 e. The molecule has 6 nitrogen and oxygen atoms in total. The van der Waals surface area contributed by atoms with Crippen molar-refractivity contribution in [2.24, 2.45) is 0 Å². The van der Waals surface area contributed by atoms with Gasteiger partial charge in [-0.25, -0.2) is 13.8 Å². The number of halogens is 2. The number of alkyl halides is 1. The lowest BCUT2D eigenvalue weighted by molar-refractivity contribution is 0.00887. The zero-order valence-electron chi connectivity index (χ0n) is 13.7. The molecular formula is C18H16F2N4O2. The molecule has 0 spiro atoms. The number of hydrogen-bond donors (Lipinski definition) is 1. The predicted octanol–water partition coefficient (Wildman–Crippen LogP) is 2.48. The van der Waals surface area contributed by atoms with Crippen molar-refractivity contribution in [3.63, 3.8) is 0 Å². The van der Waals surface area contributed by atoms with Crippen LogP contribution in [0.3, 0.4) is 0 Å². The highest BCUT2D eigenvalue weighted by molar-refractivity contribution is 5.94. The fourth-order valence-corrected chi connectivity index (χ4v) is 3.02. The van der Waals surface area contributed by atoms with Crippen molar-refractivity contribution in [3.05, 3.63) is 59.9 Å². The number of ether oxygens (including phenoxy) is 1. The highest BCUT2D eigenvalue weighted by atomic mass is 19.1. The minimum atomic E-state index is -1.28. The molecule has 0 aliphatic carbocycles. The Hall–Kier alpha value is -2.87. The highest BCUT2D eigenvalue weighted by Gasteiger charge is 2.36. The summed E-state index contributed by atoms with van der Waals surface area (Å²) in [6.45, 7) is 0.201. The third-order valence-electron chi connectivity index (χ3n) is 4.34. The maximum absolute atomic E-state index is 14.3. The van der Waals surface area contributed by atoms with Gasteiger partial charge >= 0.3 is 0 Å². The van der Waals surface area contributed by atoms with E-state index in [0.29, 0.717) is 22.4 Å². The molecule has 0 unspecified atom stereocenters. The van der Waals surface area contributed by atoms with E-state index in [1.165, 1.54) is 29.4 Å². The van der Waals surface area contributed by atoms with Gasteiger partial charge in [-0.05, 0) is 30.3 Å². The predicted molar refractivity (Wildman–Crippen MR) is 89.7 cm³/mol. The summed E-state index contributed by atoms with van der Waals surface area (Å²) < 4.78 is 33.1. The maximum Gasteiger partial charge on any atom is 0.254 e. The molecule has 1 aliphatic heterocycles. The number of amides is 1. The molecule has 1 saturated heterocycles. The van der Waals surface area contributed by atoms with Crippen molar-refractivity contribution < 1.29 is 18.3 Å². The van der Waals surface area contributed by atoms with Gasteiger partial charge in [0, 0.05) is 18.0 Å². The van der Waals surface area contributed by atoms with E-state index in [2.05, 4.69) is 15.0 Å². The first-order valence-corrected chi connectivity index (χ1v) is 8.19. The maximum atomic E-state index is 14.3. The number of nitrogens with zero attached hydrogens (tertiary/aromatic N) is 3. The van der Waals surface area contributed by atoms with Gasteiger partial charge in [0.1, 0.15) is 30.5 Å². The Morgan fingerprint density at radius 1 is 1.27 bits per heavy atom. The van der Waals surface area contributed by atoms with E-state index in [4.69, 9.17) is 4.74 Å². The molecule has 1 fully saturated rings. The number of H-pyrrole nitrogens is 1. The highest BCUT2D eigenvalue weighted by Crippen LogP contribution is 2.21. The molecule has 134 valence electrons. The molecule has 3 heterocycles. The summed E-state index contributed by atoms with van der Waals surface area (Å²) in [4.78, 5) is 24.9. The first-order chi connectivity index (χ1) is 12.6. The topological polar surface area (TPSA) is 71.1 Å². The minimum absolute atomic E-state index is 0.0167. The van der Waals surface area contributed by atoms with Gasteiger partial charge in [0.2, 0.25) is 0 Å². The fourth-order valence-electron chi connectivity index (χ4n) is 3.02. The average molecular weight is 358 g/mol. The second-order valence-corrected chi connectivity index (χ2v) is 6.16. The van der Waals surface area contributed by atoms with E-state index in [-0.39, 0.29) is 31.4 Å². The number of imidazole rings is 1. The van der Waals surface area contributed by atoms with Gasteiger partial charge in [-0.2, -0.15) is 0 Å². The number of rotatable bonds is 4. The lowest BCUT2D eigenvalue weighted by atomic mass is 10.2. The van der Waals surface area contributed by atoms with Crippen molar-refractivity contribution in [1.29, 1.82) is 0 Å². The Morgan fingerprint density at radius 3 is 2.88 bits per heavy atom. The molecule has 3 aromatic rings. The molecule has 4 rings (SSSR count). The van der Waals surface area contributed by atoms with Crippen molar-refractivity contribution >= 4 is 16.9 Å². The van der Waals surface area contributed by atoms with Gasteiger partial charge in [-0.3, -0.25) is 9.78 Å². The van der Waals surface area contributed by atoms with Gasteiger partial charge in [0.15, 0.2) is 0 Å². The average Bonchev–Trinajstić information content (AvgIpc) is 3.22. The second kappa shape index (κ2) is 6.80. The fraction of sp³-hybridized carbons (Fsp3) is 0.278. The van der Waals surface area contributed by atoms with Gasteiger partial charge in [-0.15, -0.1) is 0 Å². The summed E-state index contributed by atoms with van der Waals surface area (Å²) in [5, 5.41) is 0. The number of carbonyl (C=O) groups excluding carboxylic acids is 1. The first-order valence-electron chi connectivity index (χ1n) is 8.19. The molecular weight excluding hydrogens is 342 g/mol. The van der Waals surface area contributed by atoms with Crippen LogP contribution in [0.4, 0.5) is 8.78 Å². The van der Waals surface area contributed by atoms with Crippen LogP contribution >= 0.6 is 0 Å². The minimum Gasteiger partial charge on any atom is -0.365 e. The zero-order valence-corrected chi connectivity index (χ0v) is 13.7. The van der Waals surface area contributed by atoms with Crippen molar-refractivity contribution in [2.45, 2.75) is 18.9 Å². The van der Waals surface area contributed by atoms with Crippen LogP contribution in [0.1, 0.15) is 16.2 Å². The smallest absolute Gasteiger partial charge is 0.254 e. The van der Waals surface area contributed by atoms with Crippen LogP contribution in [0.25, 0.3) is 11.0 Å². The lowest BCUT2D eigenvalue weighted by Crippen LogP contribution is -2.30. The van der Waals surface area contributed by atoms with Crippen molar-refractivity contribution in [2.75, 3.05) is 13.1 Å². The third-order valence-corrected chi connectivity index (χ3v) is 4.34. The number of likely N-dealkylation sites (tertiary alicyclic amines) is 1. The third kappa shape index (κ3) is 3.28. The summed E-state index contributed by atoms with van der Waals surface area (Å²) in [6.07, 6.45) is 1.04. The molecule has 0 radical (unpaired) electrons. The Kier molecular flexibility index (Phi) is 4.34. The van der Waals surface area contributed by atoms with Gasteiger partial charge in [0.05, 0.1) is 24.1 Å². The summed E-state index contributed by atoms with van der Waals surface area (Å²) in [7, 11) is 0. The van der Waals surface area contributed by atoms with Crippen molar-refractivity contribution in [1.82, 2.24) is 19.9 Å². The van der Waals surface area contributed by atoms with Gasteiger partial charge < -0.3 is 14.6 Å². The van der Waals surface area contributed by atoms with E-state index in [9.17, 15) is 13.6 Å². The van der Waals surface area contributed by atoms with Crippen LogP contribution in [0.5, 0.6) is 0 Å². The number of pyridine rings is 1. The number of nitrogens with one attached hydrogen (secondary N) is 1. The summed E-state index contributed by atoms with van der Waals surface area (Å²) in [5.41, 5.74) is 1.64. The van der Waals surface area contributed by atoms with E-state index >= 15 is 0 Å². The van der Waals surface area contributed by atoms with E-state index in [0.717, 1.165) is 0 Å². The van der Waals surface area contributed by atoms with Crippen LogP contribution in [0.15, 0.2) is 42.7 Å². The zero-order chi connectivity index (χ0) is 18.1. The normalized spacial score (nSPS) is 20.0. The van der Waals surface area contributed by atoms with Crippen LogP contribution in [-0.2, 0) is 11.3 Å². The molecule has 1 amide bonds. The monoisotopic (exact) mass is 358 g/mol. The Balaban J connectivity index is 1.39. The summed E-state index contributed by atoms with van der Waals surface area (Å²) in [5.74, 6) is -0.129. The molecule has 1 aliphatic rings. The molecule has 0 saturated carbocycles. The number of benzene rings is 1. The Bertz CT molecular complexity index is 931. The number of carbonyl (C=O) groups is 1. The molecule has 26 heavy (non-hydrogen) atoms. The van der Waals surface area contributed by atoms with Crippen molar-refractivity contribution in [3.8, 4) is 0 Å². The summed E-state index contributed by atoms with van der Waals surface area (Å²) in [6, 6.07) is 7.42. The first kappa shape index (κ1) is 16.6. The molecule has 2 aromatic heterocycles. The number of aromatic amines is 1. The molecule has 1 aromatic carbocycles. The second-order valence-electron chi connectivity index (χ2n) is 6.16. The van der Waals surface area contributed by atoms with Gasteiger partial charge in [-0.1, -0.05) is 0 Å². The standard InChI is InChI=1S/C18H16F2N4O2/c19-12-1-2-14-15(7-12)23-17(22-14)10-26-16-9-24(8-13(16)20)18(25)11-3-5-21-6-4-11/h1-7,13,16H,8-10H2,(H,22,23)/t13-,16+/m1/s1. The number of hydrogen-bond acceptors (Lipinski definition) is 4. The SMILES string of the molecule is O=C(c1ccncc1)N1C[C@@H](F)[C@@H](OCc2nc3ccc(F)cc3[nH]2)C1. The quantitative estimate of drug-likeness (QED) is 0.778. The van der Waals surface area contributed by atoms with E-state index in [1.807, 2.05) is 0 Å². The Morgan fingerprint density at radius 2 is 2.08 bits per heavy atom. The number of fused-ring (bicyclic) bond motifs is 1. The van der Waals surface area contributed by atoms with Crippen LogP contribution in [-0.4, -0.2) is 51.1 Å².